The Balaban J connectivity index is 1.99. The van der Waals surface area contributed by atoms with Gasteiger partial charge in [-0.25, -0.2) is 9.69 Å². The van der Waals surface area contributed by atoms with Crippen molar-refractivity contribution in [2.45, 2.75) is 52.8 Å². The zero-order valence-corrected chi connectivity index (χ0v) is 31.0. The summed E-state index contributed by atoms with van der Waals surface area (Å²) in [4.78, 5) is 45.7. The van der Waals surface area contributed by atoms with Gasteiger partial charge in [-0.1, -0.05) is 12.1 Å². The number of rotatable bonds is 13. The molecular formula is C38H46N2O11. The second kappa shape index (κ2) is 16.4. The summed E-state index contributed by atoms with van der Waals surface area (Å²) in [6, 6.07) is 9.09. The Morgan fingerprint density at radius 1 is 0.745 bits per heavy atom. The fourth-order valence-corrected chi connectivity index (χ4v) is 6.23. The summed E-state index contributed by atoms with van der Waals surface area (Å²) in [6.07, 6.45) is -0.176. The van der Waals surface area contributed by atoms with Crippen LogP contribution in [0.2, 0.25) is 0 Å². The van der Waals surface area contributed by atoms with Crippen molar-refractivity contribution in [2.24, 2.45) is 0 Å². The SMILES string of the molecule is COc1ccc(CN2C(=O)C(Cc3cc(OC)c(OC)c(C)c3OC)N(C(=O)OC(C)C)C(=O)/C2=C/c2cc(OC)c(OC)c(C)c2OC)cc1. The van der Waals surface area contributed by atoms with Gasteiger partial charge >= 0.3 is 6.09 Å². The molecule has 4 rings (SSSR count). The van der Waals surface area contributed by atoms with Crippen LogP contribution in [-0.2, 0) is 27.3 Å². The Kier molecular flexibility index (Phi) is 12.3. The van der Waals surface area contributed by atoms with Crippen molar-refractivity contribution < 1.29 is 52.3 Å². The molecule has 13 heteroatoms. The lowest BCUT2D eigenvalue weighted by atomic mass is 9.95. The van der Waals surface area contributed by atoms with Crippen molar-refractivity contribution in [3.05, 3.63) is 69.9 Å². The van der Waals surface area contributed by atoms with E-state index in [0.29, 0.717) is 68.1 Å². The monoisotopic (exact) mass is 706 g/mol. The molecule has 51 heavy (non-hydrogen) atoms. The lowest BCUT2D eigenvalue weighted by Gasteiger charge is -2.40. The quantitative estimate of drug-likeness (QED) is 0.202. The molecule has 1 atom stereocenters. The standard InChI is InChI=1S/C38H46N2O11/c1-21(2)51-38(43)40-29(17-26-19-31(46-7)35(50-11)23(4)33(26)48-9)36(41)39(20-24-12-14-27(44-5)15-13-24)28(37(40)42)16-25-18-30(45-6)34(49-10)22(3)32(25)47-8/h12-16,18-19,21,29H,17,20H2,1-11H3/b28-16-. The lowest BCUT2D eigenvalue weighted by molar-refractivity contribution is -0.149. The zero-order valence-electron chi connectivity index (χ0n) is 31.0. The highest BCUT2D eigenvalue weighted by atomic mass is 16.6. The highest BCUT2D eigenvalue weighted by molar-refractivity contribution is 6.13. The van der Waals surface area contributed by atoms with Gasteiger partial charge in [-0.3, -0.25) is 9.59 Å². The van der Waals surface area contributed by atoms with E-state index in [1.54, 1.807) is 71.2 Å². The van der Waals surface area contributed by atoms with Crippen LogP contribution in [0.15, 0.2) is 42.1 Å². The summed E-state index contributed by atoms with van der Waals surface area (Å²) in [6.45, 7) is 6.88. The maximum atomic E-state index is 14.9. The number of ether oxygens (including phenoxy) is 8. The summed E-state index contributed by atoms with van der Waals surface area (Å²) in [7, 11) is 10.5. The molecule has 0 N–H and O–H groups in total. The molecule has 1 unspecified atom stereocenters. The van der Waals surface area contributed by atoms with Crippen LogP contribution in [0.1, 0.15) is 41.7 Å². The second-order valence-electron chi connectivity index (χ2n) is 11.9. The van der Waals surface area contributed by atoms with E-state index in [-0.39, 0.29) is 18.7 Å². The van der Waals surface area contributed by atoms with E-state index in [1.165, 1.54) is 53.6 Å². The third-order valence-electron chi connectivity index (χ3n) is 8.54. The number of nitrogens with zero attached hydrogens (tertiary/aromatic N) is 2. The van der Waals surface area contributed by atoms with Gasteiger partial charge in [-0.2, -0.15) is 0 Å². The first-order valence-electron chi connectivity index (χ1n) is 16.2. The molecule has 1 fully saturated rings. The van der Waals surface area contributed by atoms with Crippen molar-refractivity contribution in [3.8, 4) is 40.2 Å². The minimum absolute atomic E-state index is 0.0132. The third-order valence-corrected chi connectivity index (χ3v) is 8.54. The predicted octanol–water partition coefficient (Wildman–Crippen LogP) is 5.73. The van der Waals surface area contributed by atoms with Crippen molar-refractivity contribution >= 4 is 24.0 Å². The van der Waals surface area contributed by atoms with Crippen LogP contribution in [0, 0.1) is 13.8 Å². The van der Waals surface area contributed by atoms with Gasteiger partial charge in [0.05, 0.1) is 62.4 Å². The average Bonchev–Trinajstić information content (AvgIpc) is 3.11. The van der Waals surface area contributed by atoms with Crippen LogP contribution < -0.4 is 33.2 Å². The van der Waals surface area contributed by atoms with Gasteiger partial charge in [-0.15, -0.1) is 0 Å². The number of carbonyl (C=O) groups excluding carboxylic acids is 3. The van der Waals surface area contributed by atoms with Gasteiger partial charge in [0.1, 0.15) is 29.0 Å². The number of hydrogen-bond donors (Lipinski definition) is 0. The van der Waals surface area contributed by atoms with Crippen LogP contribution in [0.25, 0.3) is 6.08 Å². The summed E-state index contributed by atoms with van der Waals surface area (Å²) in [5.74, 6) is 1.79. The van der Waals surface area contributed by atoms with Crippen LogP contribution in [0.5, 0.6) is 40.2 Å². The molecule has 0 saturated carbocycles. The molecule has 0 aromatic heterocycles. The van der Waals surface area contributed by atoms with Crippen LogP contribution in [0.3, 0.4) is 0 Å². The van der Waals surface area contributed by atoms with Gasteiger partial charge in [-0.05, 0) is 63.6 Å². The maximum Gasteiger partial charge on any atom is 0.417 e. The molecule has 0 radical (unpaired) electrons. The van der Waals surface area contributed by atoms with Gasteiger partial charge in [0, 0.05) is 28.7 Å². The Bertz CT molecular complexity index is 1800. The molecule has 13 nitrogen and oxygen atoms in total. The fourth-order valence-electron chi connectivity index (χ4n) is 6.23. The molecule has 3 amide bonds. The number of benzene rings is 3. The Hall–Kier alpha value is -5.59. The summed E-state index contributed by atoms with van der Waals surface area (Å²) >= 11 is 0. The Labute approximate surface area is 298 Å². The first-order valence-corrected chi connectivity index (χ1v) is 16.2. The van der Waals surface area contributed by atoms with Crippen molar-refractivity contribution in [2.75, 3.05) is 49.8 Å². The Morgan fingerprint density at radius 2 is 1.29 bits per heavy atom. The fraction of sp³-hybridized carbons (Fsp3) is 0.395. The number of carbonyl (C=O) groups is 3. The van der Waals surface area contributed by atoms with Crippen LogP contribution in [0.4, 0.5) is 4.79 Å². The largest absolute Gasteiger partial charge is 0.497 e. The highest BCUT2D eigenvalue weighted by Crippen LogP contribution is 2.43. The van der Waals surface area contributed by atoms with E-state index in [9.17, 15) is 14.4 Å². The Morgan fingerprint density at radius 3 is 1.80 bits per heavy atom. The number of hydrogen-bond acceptors (Lipinski definition) is 11. The number of amides is 3. The van der Waals surface area contributed by atoms with Crippen molar-refractivity contribution in [3.63, 3.8) is 0 Å². The summed E-state index contributed by atoms with van der Waals surface area (Å²) in [5.41, 5.74) is 2.76. The van der Waals surface area contributed by atoms with Crippen molar-refractivity contribution in [1.82, 2.24) is 9.80 Å². The molecule has 0 bridgehead atoms. The van der Waals surface area contributed by atoms with Crippen LogP contribution >= 0.6 is 0 Å². The lowest BCUT2D eigenvalue weighted by Crippen LogP contribution is -2.61. The first-order chi connectivity index (χ1) is 24.4. The van der Waals surface area contributed by atoms with Crippen molar-refractivity contribution in [1.29, 1.82) is 0 Å². The zero-order chi connectivity index (χ0) is 37.6. The van der Waals surface area contributed by atoms with E-state index < -0.39 is 30.1 Å². The third kappa shape index (κ3) is 7.62. The minimum Gasteiger partial charge on any atom is -0.497 e. The minimum atomic E-state index is -1.33. The molecule has 3 aromatic rings. The first kappa shape index (κ1) is 38.2. The smallest absolute Gasteiger partial charge is 0.417 e. The van der Waals surface area contributed by atoms with Gasteiger partial charge in [0.15, 0.2) is 23.0 Å². The molecule has 1 saturated heterocycles. The van der Waals surface area contributed by atoms with E-state index in [2.05, 4.69) is 0 Å². The molecule has 1 aliphatic rings. The van der Waals surface area contributed by atoms with Gasteiger partial charge < -0.3 is 42.8 Å². The number of imide groups is 1. The number of methoxy groups -OCH3 is 7. The summed E-state index contributed by atoms with van der Waals surface area (Å²) in [5, 5.41) is 0. The maximum absolute atomic E-state index is 14.9. The molecule has 274 valence electrons. The number of piperazine rings is 1. The van der Waals surface area contributed by atoms with Gasteiger partial charge in [0.25, 0.3) is 11.8 Å². The molecule has 0 aliphatic carbocycles. The molecule has 0 spiro atoms. The second-order valence-corrected chi connectivity index (χ2v) is 11.9. The predicted molar refractivity (Wildman–Crippen MR) is 189 cm³/mol. The highest BCUT2D eigenvalue weighted by Gasteiger charge is 2.47. The van der Waals surface area contributed by atoms with E-state index in [1.807, 2.05) is 0 Å². The molecule has 1 aliphatic heterocycles. The summed E-state index contributed by atoms with van der Waals surface area (Å²) < 4.78 is 44.7. The molecule has 3 aromatic carbocycles. The molecule has 1 heterocycles. The van der Waals surface area contributed by atoms with Crippen LogP contribution in [-0.4, -0.2) is 89.6 Å². The van der Waals surface area contributed by atoms with E-state index in [4.69, 9.17) is 37.9 Å². The topological polar surface area (TPSA) is 132 Å². The van der Waals surface area contributed by atoms with E-state index >= 15 is 0 Å². The van der Waals surface area contributed by atoms with E-state index in [0.717, 1.165) is 4.90 Å². The average molecular weight is 707 g/mol. The normalized spacial score (nSPS) is 15.2. The molecular weight excluding hydrogens is 660 g/mol. The van der Waals surface area contributed by atoms with Gasteiger partial charge in [0.2, 0.25) is 0 Å².